The molecule has 1 unspecified atom stereocenters. The van der Waals surface area contributed by atoms with Crippen molar-refractivity contribution >= 4 is 35.0 Å². The van der Waals surface area contributed by atoms with Gasteiger partial charge in [0.2, 0.25) is 0 Å². The normalized spacial score (nSPS) is 11.8. The molecule has 0 aliphatic heterocycles. The number of nitrogens with zero attached hydrogens (tertiary/aromatic N) is 2. The van der Waals surface area contributed by atoms with Gasteiger partial charge in [-0.15, -0.1) is 23.1 Å². The minimum Gasteiger partial charge on any atom is -0.484 e. The van der Waals surface area contributed by atoms with Gasteiger partial charge in [-0.05, 0) is 0 Å². The summed E-state index contributed by atoms with van der Waals surface area (Å²) in [5.74, 6) is 0.989. The predicted molar refractivity (Wildman–Crippen MR) is 72.5 cm³/mol. The maximum absolute atomic E-state index is 7.36. The number of nitrogens with one attached hydrogen (secondary N) is 1. The molecule has 6 nitrogen and oxygen atoms in total. The molecule has 0 saturated carbocycles. The van der Waals surface area contributed by atoms with Crippen LogP contribution in [-0.4, -0.2) is 29.7 Å². The maximum atomic E-state index is 7.36. The molecule has 0 aliphatic carbocycles. The molecule has 1 atom stereocenters. The summed E-state index contributed by atoms with van der Waals surface area (Å²) < 4.78 is 4.78. The third-order valence-electron chi connectivity index (χ3n) is 1.82. The topological polar surface area (TPSA) is 110 Å². The molecule has 5 N–H and O–H groups in total. The van der Waals surface area contributed by atoms with Crippen LogP contribution in [0.1, 0.15) is 17.5 Å². The van der Waals surface area contributed by atoms with Crippen LogP contribution in [0.25, 0.3) is 0 Å². The quantitative estimate of drug-likeness (QED) is 0.532. The number of thioether (sulfide) groups is 1. The number of guanidine groups is 1. The number of hydrogen-bond acceptors (Lipinski definition) is 6. The second-order valence-electron chi connectivity index (χ2n) is 3.07. The van der Waals surface area contributed by atoms with Crippen LogP contribution in [0.5, 0.6) is 0 Å². The van der Waals surface area contributed by atoms with E-state index in [0.717, 1.165) is 5.69 Å². The molecule has 1 rings (SSSR count). The number of thiazole rings is 1. The monoisotopic (exact) mass is 273 g/mol. The third-order valence-corrected chi connectivity index (χ3v) is 3.53. The summed E-state index contributed by atoms with van der Waals surface area (Å²) in [6.45, 7) is 0. The van der Waals surface area contributed by atoms with E-state index in [0.29, 0.717) is 12.2 Å². The Morgan fingerprint density at radius 3 is 3.00 bits per heavy atom. The van der Waals surface area contributed by atoms with Crippen molar-refractivity contribution in [1.82, 2.24) is 4.98 Å². The van der Waals surface area contributed by atoms with E-state index in [-0.39, 0.29) is 17.2 Å². The van der Waals surface area contributed by atoms with E-state index >= 15 is 0 Å². The molecule has 0 amide bonds. The second-order valence-corrected chi connectivity index (χ2v) is 4.97. The first-order valence-corrected chi connectivity index (χ1v) is 6.82. The molecule has 0 aromatic carbocycles. The van der Waals surface area contributed by atoms with E-state index in [1.54, 1.807) is 5.51 Å². The van der Waals surface area contributed by atoms with Crippen LogP contribution in [0.2, 0.25) is 0 Å². The molecular weight excluding hydrogens is 258 g/mol. The highest BCUT2D eigenvalue weighted by atomic mass is 32.2. The number of nitrogens with two attached hydrogens (primary N) is 2. The fraction of sp³-hybridized carbons (Fsp3) is 0.444. The van der Waals surface area contributed by atoms with Gasteiger partial charge < -0.3 is 16.2 Å². The molecule has 1 heterocycles. The summed E-state index contributed by atoms with van der Waals surface area (Å²) in [5.41, 5.74) is 13.3. The number of hydrogen-bond donors (Lipinski definition) is 3. The summed E-state index contributed by atoms with van der Waals surface area (Å²) in [5, 5.41) is 9.06. The lowest BCUT2D eigenvalue weighted by molar-refractivity contribution is 0.389. The van der Waals surface area contributed by atoms with Gasteiger partial charge in [0.25, 0.3) is 0 Å². The Hall–Kier alpha value is -1.28. The third kappa shape index (κ3) is 5.05. The van der Waals surface area contributed by atoms with E-state index in [9.17, 15) is 0 Å². The van der Waals surface area contributed by atoms with Crippen molar-refractivity contribution in [3.05, 3.63) is 16.6 Å². The summed E-state index contributed by atoms with van der Waals surface area (Å²) in [6, 6.07) is 0. The first kappa shape index (κ1) is 13.8. The van der Waals surface area contributed by atoms with E-state index in [2.05, 4.69) is 9.98 Å². The van der Waals surface area contributed by atoms with Crippen LogP contribution < -0.4 is 11.5 Å². The average Bonchev–Trinajstić information content (AvgIpc) is 2.80. The molecule has 0 bridgehead atoms. The zero-order valence-electron chi connectivity index (χ0n) is 9.42. The molecule has 8 heteroatoms. The standard InChI is InChI=1S/C9H15N5OS2/c1-15-7(10)2-3-17-8(14-9(11)12)6-4-16-5-13-6/h4-5,8,10H,2-3H2,1H3,(H4,11,12,14). The van der Waals surface area contributed by atoms with Gasteiger partial charge >= 0.3 is 0 Å². The van der Waals surface area contributed by atoms with Gasteiger partial charge in [-0.25, -0.2) is 9.98 Å². The van der Waals surface area contributed by atoms with Crippen molar-refractivity contribution in [1.29, 1.82) is 5.41 Å². The Bertz CT molecular complexity index is 375. The Morgan fingerprint density at radius 2 is 2.47 bits per heavy atom. The van der Waals surface area contributed by atoms with E-state index in [4.69, 9.17) is 21.6 Å². The summed E-state index contributed by atoms with van der Waals surface area (Å²) >= 11 is 3.02. The zero-order chi connectivity index (χ0) is 12.7. The zero-order valence-corrected chi connectivity index (χ0v) is 11.1. The van der Waals surface area contributed by atoms with Gasteiger partial charge in [0.1, 0.15) is 5.37 Å². The van der Waals surface area contributed by atoms with E-state index in [1.807, 2.05) is 5.38 Å². The van der Waals surface area contributed by atoms with Crippen molar-refractivity contribution in [2.45, 2.75) is 11.8 Å². The number of ether oxygens (including phenoxy) is 1. The first-order chi connectivity index (χ1) is 8.13. The summed E-state index contributed by atoms with van der Waals surface area (Å²) in [4.78, 5) is 8.29. The summed E-state index contributed by atoms with van der Waals surface area (Å²) in [6.07, 6.45) is 0.543. The Balaban J connectivity index is 2.54. The van der Waals surface area contributed by atoms with Crippen LogP contribution in [0, 0.1) is 5.41 Å². The fourth-order valence-electron chi connectivity index (χ4n) is 1.03. The minimum atomic E-state index is -0.212. The van der Waals surface area contributed by atoms with E-state index < -0.39 is 0 Å². The number of methoxy groups -OCH3 is 1. The highest BCUT2D eigenvalue weighted by Crippen LogP contribution is 2.30. The summed E-state index contributed by atoms with van der Waals surface area (Å²) in [7, 11) is 1.49. The lowest BCUT2D eigenvalue weighted by Crippen LogP contribution is -2.23. The molecule has 94 valence electrons. The van der Waals surface area contributed by atoms with Gasteiger partial charge in [0, 0.05) is 17.6 Å². The molecule has 17 heavy (non-hydrogen) atoms. The Morgan fingerprint density at radius 1 is 1.71 bits per heavy atom. The lowest BCUT2D eigenvalue weighted by atomic mass is 10.5. The highest BCUT2D eigenvalue weighted by Gasteiger charge is 2.13. The fourth-order valence-corrected chi connectivity index (χ4v) is 2.71. The second kappa shape index (κ2) is 7.13. The van der Waals surface area contributed by atoms with E-state index in [1.165, 1.54) is 30.2 Å². The molecule has 1 aromatic heterocycles. The van der Waals surface area contributed by atoms with Crippen molar-refractivity contribution in [3.8, 4) is 0 Å². The molecule has 0 saturated heterocycles. The SMILES string of the molecule is COC(=N)CCSC(N=C(N)N)c1cscn1. The van der Waals surface area contributed by atoms with Crippen LogP contribution in [0.15, 0.2) is 15.9 Å². The van der Waals surface area contributed by atoms with Crippen molar-refractivity contribution < 1.29 is 4.74 Å². The van der Waals surface area contributed by atoms with Gasteiger partial charge in [-0.1, -0.05) is 0 Å². The number of aromatic nitrogens is 1. The van der Waals surface area contributed by atoms with Gasteiger partial charge in [0.15, 0.2) is 11.9 Å². The molecule has 0 radical (unpaired) electrons. The maximum Gasteiger partial charge on any atom is 0.187 e. The molecule has 0 spiro atoms. The van der Waals surface area contributed by atoms with Gasteiger partial charge in [-0.2, -0.15) is 0 Å². The van der Waals surface area contributed by atoms with Gasteiger partial charge in [-0.3, -0.25) is 5.41 Å². The molecule has 1 aromatic rings. The smallest absolute Gasteiger partial charge is 0.187 e. The Kier molecular flexibility index (Phi) is 5.78. The van der Waals surface area contributed by atoms with Crippen LogP contribution in [0.3, 0.4) is 0 Å². The average molecular weight is 273 g/mol. The molecule has 0 aliphatic rings. The van der Waals surface area contributed by atoms with Crippen LogP contribution in [0.4, 0.5) is 0 Å². The van der Waals surface area contributed by atoms with Crippen molar-refractivity contribution in [3.63, 3.8) is 0 Å². The predicted octanol–water partition coefficient (Wildman–Crippen LogP) is 1.16. The van der Waals surface area contributed by atoms with Crippen LogP contribution in [-0.2, 0) is 4.74 Å². The lowest BCUT2D eigenvalue weighted by Gasteiger charge is -2.10. The number of aliphatic imine (C=N–C) groups is 1. The Labute approximate surface area is 108 Å². The van der Waals surface area contributed by atoms with Crippen molar-refractivity contribution in [2.75, 3.05) is 12.9 Å². The largest absolute Gasteiger partial charge is 0.484 e. The minimum absolute atomic E-state index is 0.0392. The van der Waals surface area contributed by atoms with Crippen molar-refractivity contribution in [2.24, 2.45) is 16.5 Å². The highest BCUT2D eigenvalue weighted by molar-refractivity contribution is 7.99. The van der Waals surface area contributed by atoms with Crippen LogP contribution >= 0.6 is 23.1 Å². The molecular formula is C9H15N5OS2. The molecule has 0 fully saturated rings. The first-order valence-electron chi connectivity index (χ1n) is 4.83. The number of rotatable bonds is 6. The van der Waals surface area contributed by atoms with Gasteiger partial charge in [0.05, 0.1) is 18.3 Å².